The fourth-order valence-corrected chi connectivity index (χ4v) is 3.17. The van der Waals surface area contributed by atoms with Crippen molar-refractivity contribution in [1.82, 2.24) is 0 Å². The Hall–Kier alpha value is -0.943. The van der Waals surface area contributed by atoms with Gasteiger partial charge >= 0.3 is 8.80 Å². The first kappa shape index (κ1) is 14.1. The van der Waals surface area contributed by atoms with Crippen LogP contribution in [0.4, 0.5) is 0 Å². The highest BCUT2D eigenvalue weighted by atomic mass is 28.4. The van der Waals surface area contributed by atoms with E-state index in [1.54, 1.807) is 14.2 Å². The van der Waals surface area contributed by atoms with Gasteiger partial charge in [0.15, 0.2) is 0 Å². The molecule has 1 aromatic rings. The van der Waals surface area contributed by atoms with E-state index in [1.807, 2.05) is 37.3 Å². The maximum Gasteiger partial charge on any atom is 0.500 e. The van der Waals surface area contributed by atoms with Gasteiger partial charge in [0.2, 0.25) is 0 Å². The maximum absolute atomic E-state index is 5.82. The average molecular weight is 252 g/mol. The van der Waals surface area contributed by atoms with E-state index in [1.165, 1.54) is 0 Å². The van der Waals surface area contributed by atoms with Gasteiger partial charge in [0.1, 0.15) is 0 Å². The highest BCUT2D eigenvalue weighted by molar-refractivity contribution is 6.60. The van der Waals surface area contributed by atoms with Crippen LogP contribution in [0.3, 0.4) is 0 Å². The summed E-state index contributed by atoms with van der Waals surface area (Å²) in [5.74, 6) is 0. The smallest absolute Gasteiger partial charge is 0.377 e. The van der Waals surface area contributed by atoms with Gasteiger partial charge in [-0.05, 0) is 17.2 Å². The van der Waals surface area contributed by atoms with Crippen LogP contribution >= 0.6 is 0 Å². The third-order valence-electron chi connectivity index (χ3n) is 2.70. The van der Waals surface area contributed by atoms with Gasteiger partial charge in [-0.3, -0.25) is 0 Å². The van der Waals surface area contributed by atoms with E-state index in [4.69, 9.17) is 13.3 Å². The van der Waals surface area contributed by atoms with Crippen LogP contribution in [-0.4, -0.2) is 23.0 Å². The van der Waals surface area contributed by atoms with Gasteiger partial charge in [0.25, 0.3) is 0 Å². The zero-order valence-electron chi connectivity index (χ0n) is 10.7. The molecule has 0 saturated carbocycles. The summed E-state index contributed by atoms with van der Waals surface area (Å²) in [4.78, 5) is 0. The molecule has 0 radical (unpaired) electrons. The number of hydrogen-bond acceptors (Lipinski definition) is 3. The number of benzene rings is 1. The Kier molecular flexibility index (Phi) is 5.57. The van der Waals surface area contributed by atoms with Crippen LogP contribution in [0, 0.1) is 0 Å². The van der Waals surface area contributed by atoms with Crippen LogP contribution in [0.5, 0.6) is 0 Å². The second kappa shape index (κ2) is 6.71. The molecule has 17 heavy (non-hydrogen) atoms. The highest BCUT2D eigenvalue weighted by Gasteiger charge is 2.36. The SMILES string of the molecule is C=Cc1cccc(CO[Si](CC)(OC)OC)c1. The van der Waals surface area contributed by atoms with Crippen LogP contribution < -0.4 is 0 Å². The number of hydrogen-bond donors (Lipinski definition) is 0. The Balaban J connectivity index is 2.68. The summed E-state index contributed by atoms with van der Waals surface area (Å²) in [7, 11) is 0.823. The van der Waals surface area contributed by atoms with Crippen molar-refractivity contribution in [2.24, 2.45) is 0 Å². The lowest BCUT2D eigenvalue weighted by molar-refractivity contribution is 0.0926. The van der Waals surface area contributed by atoms with Crippen molar-refractivity contribution in [1.29, 1.82) is 0 Å². The van der Waals surface area contributed by atoms with Gasteiger partial charge in [-0.2, -0.15) is 0 Å². The first-order chi connectivity index (χ1) is 8.19. The quantitative estimate of drug-likeness (QED) is 0.698. The molecule has 0 aliphatic rings. The van der Waals surface area contributed by atoms with E-state index in [0.717, 1.165) is 17.2 Å². The predicted molar refractivity (Wildman–Crippen MR) is 71.6 cm³/mol. The summed E-state index contributed by atoms with van der Waals surface area (Å²) in [5, 5.41) is 0. The molecular weight excluding hydrogens is 232 g/mol. The third kappa shape index (κ3) is 3.78. The monoisotopic (exact) mass is 252 g/mol. The molecule has 0 aromatic heterocycles. The Morgan fingerprint density at radius 1 is 1.29 bits per heavy atom. The molecule has 0 heterocycles. The predicted octanol–water partition coefficient (Wildman–Crippen LogP) is 3.10. The van der Waals surface area contributed by atoms with Crippen molar-refractivity contribution in [3.05, 3.63) is 42.0 Å². The molecule has 0 atom stereocenters. The molecule has 4 heteroatoms. The minimum absolute atomic E-state index is 0.503. The van der Waals surface area contributed by atoms with Crippen LogP contribution in [0.2, 0.25) is 6.04 Å². The van der Waals surface area contributed by atoms with Crippen LogP contribution in [0.15, 0.2) is 30.8 Å². The first-order valence-corrected chi connectivity index (χ1v) is 7.58. The van der Waals surface area contributed by atoms with Crippen molar-refractivity contribution in [3.63, 3.8) is 0 Å². The van der Waals surface area contributed by atoms with Crippen LogP contribution in [0.25, 0.3) is 6.08 Å². The zero-order valence-corrected chi connectivity index (χ0v) is 11.7. The van der Waals surface area contributed by atoms with Crippen LogP contribution in [0.1, 0.15) is 18.1 Å². The molecule has 0 amide bonds. The normalized spacial score (nSPS) is 11.5. The fraction of sp³-hybridized carbons (Fsp3) is 0.385. The summed E-state index contributed by atoms with van der Waals surface area (Å²) >= 11 is 0. The van der Waals surface area contributed by atoms with Gasteiger partial charge in [-0.1, -0.05) is 37.8 Å². The second-order valence-electron chi connectivity index (χ2n) is 3.68. The summed E-state index contributed by atoms with van der Waals surface area (Å²) in [6.45, 7) is 6.26. The van der Waals surface area contributed by atoms with Crippen molar-refractivity contribution in [2.45, 2.75) is 19.6 Å². The lowest BCUT2D eigenvalue weighted by Crippen LogP contribution is -2.42. The van der Waals surface area contributed by atoms with E-state index in [-0.39, 0.29) is 0 Å². The summed E-state index contributed by atoms with van der Waals surface area (Å²) in [6, 6.07) is 8.83. The third-order valence-corrected chi connectivity index (χ3v) is 5.39. The standard InChI is InChI=1S/C13H20O3Si/c1-5-12-8-7-9-13(10-12)11-16-17(6-2,14-3)15-4/h5,7-10H,1,6,11H2,2-4H3. The van der Waals surface area contributed by atoms with E-state index >= 15 is 0 Å². The van der Waals surface area contributed by atoms with Gasteiger partial charge in [0, 0.05) is 20.3 Å². The largest absolute Gasteiger partial charge is 0.500 e. The molecule has 0 N–H and O–H groups in total. The Morgan fingerprint density at radius 3 is 2.53 bits per heavy atom. The summed E-state index contributed by atoms with van der Waals surface area (Å²) < 4.78 is 16.6. The van der Waals surface area contributed by atoms with Crippen molar-refractivity contribution < 1.29 is 13.3 Å². The van der Waals surface area contributed by atoms with E-state index in [2.05, 4.69) is 6.58 Å². The molecule has 0 saturated heterocycles. The molecule has 0 bridgehead atoms. The van der Waals surface area contributed by atoms with Gasteiger partial charge in [-0.15, -0.1) is 0 Å². The Morgan fingerprint density at radius 2 is 2.00 bits per heavy atom. The molecule has 3 nitrogen and oxygen atoms in total. The first-order valence-electron chi connectivity index (χ1n) is 5.65. The topological polar surface area (TPSA) is 27.7 Å². The molecule has 0 aliphatic heterocycles. The maximum atomic E-state index is 5.82. The van der Waals surface area contributed by atoms with Crippen molar-refractivity contribution in [3.8, 4) is 0 Å². The van der Waals surface area contributed by atoms with E-state index in [0.29, 0.717) is 6.61 Å². The summed E-state index contributed by atoms with van der Waals surface area (Å²) in [6.07, 6.45) is 1.82. The van der Waals surface area contributed by atoms with Crippen LogP contribution in [-0.2, 0) is 19.9 Å². The van der Waals surface area contributed by atoms with Gasteiger partial charge < -0.3 is 13.3 Å². The minimum Gasteiger partial charge on any atom is -0.377 e. The second-order valence-corrected chi connectivity index (χ2v) is 6.86. The summed E-state index contributed by atoms with van der Waals surface area (Å²) in [5.41, 5.74) is 2.19. The van der Waals surface area contributed by atoms with E-state index < -0.39 is 8.80 Å². The molecule has 0 spiro atoms. The highest BCUT2D eigenvalue weighted by Crippen LogP contribution is 2.16. The van der Waals surface area contributed by atoms with Gasteiger partial charge in [-0.25, -0.2) is 0 Å². The zero-order chi connectivity index (χ0) is 12.7. The Bertz CT molecular complexity index is 353. The van der Waals surface area contributed by atoms with Crippen molar-refractivity contribution in [2.75, 3.05) is 14.2 Å². The minimum atomic E-state index is -2.45. The lowest BCUT2D eigenvalue weighted by atomic mass is 10.1. The lowest BCUT2D eigenvalue weighted by Gasteiger charge is -2.25. The Labute approximate surface area is 104 Å². The molecule has 0 aliphatic carbocycles. The molecule has 1 rings (SSSR count). The fourth-order valence-electron chi connectivity index (χ4n) is 1.60. The van der Waals surface area contributed by atoms with E-state index in [9.17, 15) is 0 Å². The molecular formula is C13H20O3Si. The molecule has 1 aromatic carbocycles. The average Bonchev–Trinajstić information content (AvgIpc) is 2.41. The molecule has 0 fully saturated rings. The van der Waals surface area contributed by atoms with Gasteiger partial charge in [0.05, 0.1) is 6.61 Å². The molecule has 0 unspecified atom stereocenters. The number of rotatable bonds is 7. The molecule has 94 valence electrons. The van der Waals surface area contributed by atoms with Crippen molar-refractivity contribution >= 4 is 14.9 Å².